The number of nitrogens with one attached hydrogen (secondary N) is 1. The first-order valence-electron chi connectivity index (χ1n) is 13.6. The van der Waals surface area contributed by atoms with Gasteiger partial charge in [-0.15, -0.1) is 0 Å². The summed E-state index contributed by atoms with van der Waals surface area (Å²) in [5.74, 6) is -0.540. The Morgan fingerprint density at radius 2 is 1.50 bits per heavy atom. The number of anilines is 1. The van der Waals surface area contributed by atoms with E-state index in [0.29, 0.717) is 11.3 Å². The van der Waals surface area contributed by atoms with Crippen LogP contribution in [0.1, 0.15) is 11.1 Å². The van der Waals surface area contributed by atoms with E-state index in [9.17, 15) is 28.1 Å². The number of carbonyl (C=O) groups is 2. The molecule has 228 valence electrons. The van der Waals surface area contributed by atoms with E-state index in [-0.39, 0.29) is 29.2 Å². The van der Waals surface area contributed by atoms with Gasteiger partial charge in [-0.2, -0.15) is 0 Å². The molecule has 12 heteroatoms. The minimum absolute atomic E-state index is 0.0273. The minimum Gasteiger partial charge on any atom is -0.497 e. The number of rotatable bonds is 13. The van der Waals surface area contributed by atoms with Gasteiger partial charge < -0.3 is 15.0 Å². The number of likely N-dealkylation sites (N-methyl/N-ethyl adjacent to an activating group) is 1. The van der Waals surface area contributed by atoms with Gasteiger partial charge in [-0.25, -0.2) is 8.42 Å². The smallest absolute Gasteiger partial charge is 0.269 e. The molecule has 0 unspecified atom stereocenters. The average molecular weight is 617 g/mol. The Morgan fingerprint density at radius 1 is 0.886 bits per heavy atom. The van der Waals surface area contributed by atoms with Crippen LogP contribution >= 0.6 is 0 Å². The van der Waals surface area contributed by atoms with Gasteiger partial charge in [-0.3, -0.25) is 24.0 Å². The number of non-ortho nitro benzene ring substituents is 1. The summed E-state index contributed by atoms with van der Waals surface area (Å²) >= 11 is 0. The number of nitrogens with zero attached hydrogens (tertiary/aromatic N) is 3. The van der Waals surface area contributed by atoms with Crippen LogP contribution in [-0.2, 0) is 32.6 Å². The highest BCUT2D eigenvalue weighted by atomic mass is 32.2. The number of nitro benzene ring substituents is 1. The highest BCUT2D eigenvalue weighted by molar-refractivity contribution is 7.92. The van der Waals surface area contributed by atoms with E-state index in [4.69, 9.17) is 4.74 Å². The van der Waals surface area contributed by atoms with Crippen molar-refractivity contribution >= 4 is 33.2 Å². The van der Waals surface area contributed by atoms with Crippen molar-refractivity contribution in [2.75, 3.05) is 25.0 Å². The molecule has 4 aromatic carbocycles. The second kappa shape index (κ2) is 14.3. The van der Waals surface area contributed by atoms with Crippen LogP contribution < -0.4 is 14.4 Å². The Kier molecular flexibility index (Phi) is 10.3. The monoisotopic (exact) mass is 616 g/mol. The van der Waals surface area contributed by atoms with E-state index in [1.165, 1.54) is 55.5 Å². The molecule has 4 rings (SSSR count). The van der Waals surface area contributed by atoms with Crippen LogP contribution in [0.3, 0.4) is 0 Å². The van der Waals surface area contributed by atoms with Gasteiger partial charge in [0.05, 0.1) is 22.6 Å². The van der Waals surface area contributed by atoms with E-state index in [2.05, 4.69) is 5.32 Å². The molecule has 44 heavy (non-hydrogen) atoms. The third kappa shape index (κ3) is 7.58. The van der Waals surface area contributed by atoms with Gasteiger partial charge >= 0.3 is 0 Å². The molecule has 1 atom stereocenters. The number of carbonyl (C=O) groups excluding carboxylic acids is 2. The molecule has 1 N–H and O–H groups in total. The molecule has 0 aliphatic carbocycles. The van der Waals surface area contributed by atoms with Crippen LogP contribution in [0.25, 0.3) is 0 Å². The number of sulfonamides is 1. The largest absolute Gasteiger partial charge is 0.497 e. The number of hydrogen-bond donors (Lipinski definition) is 1. The second-order valence-corrected chi connectivity index (χ2v) is 11.7. The Hall–Kier alpha value is -5.23. The van der Waals surface area contributed by atoms with Gasteiger partial charge in [0.25, 0.3) is 15.7 Å². The molecule has 4 aromatic rings. The highest BCUT2D eigenvalue weighted by Crippen LogP contribution is 2.27. The van der Waals surface area contributed by atoms with Crippen LogP contribution in [0.4, 0.5) is 11.4 Å². The standard InChI is InChI=1S/C32H32N4O7S/c1-33-32(38)30(21-24-10-5-3-6-11-24)34(22-25-12-9-13-28(20-25)43-2)31(37)23-35(26-16-18-27(19-17-26)36(39)40)44(41,42)29-14-7-4-8-15-29/h3-20,30H,21-23H2,1-2H3,(H,33,38)/t30-/m0/s1. The zero-order chi connectivity index (χ0) is 31.7. The SMILES string of the molecule is CNC(=O)[C@H](Cc1ccccc1)N(Cc1cccc(OC)c1)C(=O)CN(c1ccc([N+](=O)[O-])cc1)S(=O)(=O)c1ccccc1. The zero-order valence-corrected chi connectivity index (χ0v) is 25.0. The quantitative estimate of drug-likeness (QED) is 0.176. The molecular formula is C32H32N4O7S. The van der Waals surface area contributed by atoms with Crippen LogP contribution in [0, 0.1) is 10.1 Å². The van der Waals surface area contributed by atoms with Crippen molar-refractivity contribution in [3.8, 4) is 5.75 Å². The summed E-state index contributed by atoms with van der Waals surface area (Å²) in [4.78, 5) is 39.6. The molecule has 11 nitrogen and oxygen atoms in total. The third-order valence-electron chi connectivity index (χ3n) is 6.96. The van der Waals surface area contributed by atoms with Gasteiger partial charge in [-0.1, -0.05) is 60.7 Å². The fourth-order valence-corrected chi connectivity index (χ4v) is 6.11. The number of amides is 2. The maximum Gasteiger partial charge on any atom is 0.269 e. The third-order valence-corrected chi connectivity index (χ3v) is 8.75. The maximum absolute atomic E-state index is 14.3. The summed E-state index contributed by atoms with van der Waals surface area (Å²) in [6, 6.07) is 27.7. The maximum atomic E-state index is 14.3. The highest BCUT2D eigenvalue weighted by Gasteiger charge is 2.34. The predicted octanol–water partition coefficient (Wildman–Crippen LogP) is 4.18. The van der Waals surface area contributed by atoms with Gasteiger partial charge in [0.2, 0.25) is 11.8 Å². The first-order valence-corrected chi connectivity index (χ1v) is 15.1. The van der Waals surface area contributed by atoms with Crippen molar-refractivity contribution in [3.63, 3.8) is 0 Å². The number of hydrogen-bond acceptors (Lipinski definition) is 7. The van der Waals surface area contributed by atoms with Gasteiger partial charge in [-0.05, 0) is 47.5 Å². The molecule has 0 radical (unpaired) electrons. The molecule has 0 aliphatic heterocycles. The van der Waals surface area contributed by atoms with Crippen molar-refractivity contribution in [3.05, 3.63) is 130 Å². The van der Waals surface area contributed by atoms with Gasteiger partial charge in [0.1, 0.15) is 18.3 Å². The van der Waals surface area contributed by atoms with Crippen molar-refractivity contribution in [1.82, 2.24) is 10.2 Å². The van der Waals surface area contributed by atoms with Crippen molar-refractivity contribution in [2.24, 2.45) is 0 Å². The molecule has 0 bridgehead atoms. The van der Waals surface area contributed by atoms with Crippen LogP contribution in [0.2, 0.25) is 0 Å². The number of benzene rings is 4. The molecule has 0 aliphatic rings. The number of nitro groups is 1. The lowest BCUT2D eigenvalue weighted by molar-refractivity contribution is -0.384. The Labute approximate surface area is 255 Å². The summed E-state index contributed by atoms with van der Waals surface area (Å²) in [5, 5.41) is 13.9. The van der Waals surface area contributed by atoms with E-state index in [1.807, 2.05) is 30.3 Å². The summed E-state index contributed by atoms with van der Waals surface area (Å²) in [6.45, 7) is -0.707. The van der Waals surface area contributed by atoms with Crippen LogP contribution in [0.15, 0.2) is 114 Å². The lowest BCUT2D eigenvalue weighted by Gasteiger charge is -2.33. The molecule has 0 saturated heterocycles. The van der Waals surface area contributed by atoms with Crippen molar-refractivity contribution in [2.45, 2.75) is 23.9 Å². The molecular weight excluding hydrogens is 584 g/mol. The summed E-state index contributed by atoms with van der Waals surface area (Å²) in [7, 11) is -1.33. The Bertz CT molecular complexity index is 1700. The number of methoxy groups -OCH3 is 1. The fourth-order valence-electron chi connectivity index (χ4n) is 4.68. The molecule has 0 heterocycles. The number of ether oxygens (including phenoxy) is 1. The topological polar surface area (TPSA) is 139 Å². The van der Waals surface area contributed by atoms with E-state index >= 15 is 0 Å². The lowest BCUT2D eigenvalue weighted by Crippen LogP contribution is -2.53. The van der Waals surface area contributed by atoms with Crippen LogP contribution in [0.5, 0.6) is 5.75 Å². The van der Waals surface area contributed by atoms with Gasteiger partial charge in [0, 0.05) is 32.1 Å². The summed E-state index contributed by atoms with van der Waals surface area (Å²) in [6.07, 6.45) is 0.166. The van der Waals surface area contributed by atoms with E-state index in [1.54, 1.807) is 42.5 Å². The average Bonchev–Trinajstić information content (AvgIpc) is 3.05. The zero-order valence-electron chi connectivity index (χ0n) is 24.2. The van der Waals surface area contributed by atoms with E-state index < -0.39 is 39.3 Å². The molecule has 0 fully saturated rings. The van der Waals surface area contributed by atoms with Gasteiger partial charge in [0.15, 0.2) is 0 Å². The summed E-state index contributed by atoms with van der Waals surface area (Å²) < 4.78 is 34.1. The predicted molar refractivity (Wildman–Crippen MR) is 166 cm³/mol. The minimum atomic E-state index is -4.31. The Balaban J connectivity index is 1.80. The molecule has 0 spiro atoms. The molecule has 0 aromatic heterocycles. The Morgan fingerprint density at radius 3 is 2.09 bits per heavy atom. The van der Waals surface area contributed by atoms with Crippen LogP contribution in [-0.4, -0.2) is 56.8 Å². The molecule has 0 saturated carbocycles. The first kappa shape index (κ1) is 31.7. The normalized spacial score (nSPS) is 11.7. The first-order chi connectivity index (χ1) is 21.1. The van der Waals surface area contributed by atoms with Crippen molar-refractivity contribution < 1.29 is 27.7 Å². The van der Waals surface area contributed by atoms with Crippen molar-refractivity contribution in [1.29, 1.82) is 0 Å². The van der Waals surface area contributed by atoms with E-state index in [0.717, 1.165) is 9.87 Å². The lowest BCUT2D eigenvalue weighted by atomic mass is 10.0. The molecule has 2 amide bonds. The second-order valence-electron chi connectivity index (χ2n) is 9.79. The summed E-state index contributed by atoms with van der Waals surface area (Å²) in [5.41, 5.74) is 1.27. The fraction of sp³-hybridized carbons (Fsp3) is 0.188.